The number of carbonyl (C=O) groups excluding carboxylic acids is 2. The first-order valence-corrected chi connectivity index (χ1v) is 14.6. The second-order valence-electron chi connectivity index (χ2n) is 12.2. The molecular weight excluding hydrogens is 551 g/mol. The number of benzene rings is 1. The molecule has 0 radical (unpaired) electrons. The fourth-order valence-electron chi connectivity index (χ4n) is 7.59. The molecule has 6 rings (SSSR count). The first-order chi connectivity index (χ1) is 20.2. The lowest BCUT2D eigenvalue weighted by molar-refractivity contribution is -0.144. The number of carbonyl (C=O) groups is 2. The molecule has 226 valence electrons. The molecule has 2 unspecified atom stereocenters. The van der Waals surface area contributed by atoms with E-state index in [1.165, 1.54) is 0 Å². The fourth-order valence-corrected chi connectivity index (χ4v) is 7.59. The number of para-hydroxylation sites is 1. The Morgan fingerprint density at radius 3 is 2.76 bits per heavy atom. The lowest BCUT2D eigenvalue weighted by atomic mass is 9.78. The van der Waals surface area contributed by atoms with E-state index in [-0.39, 0.29) is 36.9 Å². The van der Waals surface area contributed by atoms with Crippen molar-refractivity contribution < 1.29 is 37.0 Å². The van der Waals surface area contributed by atoms with E-state index in [2.05, 4.69) is 4.98 Å². The number of halogens is 3. The zero-order valence-electron chi connectivity index (χ0n) is 23.6. The molecule has 8 nitrogen and oxygen atoms in total. The van der Waals surface area contributed by atoms with Gasteiger partial charge in [-0.25, -0.2) is 4.79 Å². The van der Waals surface area contributed by atoms with Gasteiger partial charge in [0.25, 0.3) is 0 Å². The summed E-state index contributed by atoms with van der Waals surface area (Å²) in [4.78, 5) is 35.0. The summed E-state index contributed by atoms with van der Waals surface area (Å²) in [5.41, 5.74) is -0.612. The van der Waals surface area contributed by atoms with E-state index >= 15 is 0 Å². The summed E-state index contributed by atoms with van der Waals surface area (Å²) in [5, 5.41) is 0. The van der Waals surface area contributed by atoms with Crippen molar-refractivity contribution in [2.24, 2.45) is 23.2 Å². The summed E-state index contributed by atoms with van der Waals surface area (Å²) in [5.74, 6) is 0.863. The van der Waals surface area contributed by atoms with Gasteiger partial charge in [-0.2, -0.15) is 13.2 Å². The van der Waals surface area contributed by atoms with Crippen molar-refractivity contribution in [3.8, 4) is 5.75 Å². The highest BCUT2D eigenvalue weighted by Gasteiger charge is 2.60. The lowest BCUT2D eigenvalue weighted by Gasteiger charge is -2.37. The second-order valence-corrected chi connectivity index (χ2v) is 12.2. The number of hydrogen-bond donors (Lipinski definition) is 0. The molecule has 2 amide bonds. The number of rotatable bonds is 5. The van der Waals surface area contributed by atoms with Crippen molar-refractivity contribution in [2.75, 3.05) is 40.0 Å². The van der Waals surface area contributed by atoms with E-state index in [1.807, 2.05) is 6.07 Å². The van der Waals surface area contributed by atoms with Gasteiger partial charge in [0.2, 0.25) is 5.91 Å². The van der Waals surface area contributed by atoms with Crippen LogP contribution in [-0.2, 0) is 33.4 Å². The van der Waals surface area contributed by atoms with Crippen LogP contribution in [0.1, 0.15) is 42.5 Å². The highest BCUT2D eigenvalue weighted by molar-refractivity contribution is 5.86. The number of likely N-dealkylation sites (tertiary alicyclic amines) is 1. The van der Waals surface area contributed by atoms with Crippen molar-refractivity contribution in [1.29, 1.82) is 0 Å². The fraction of sp³-hybridized carbons (Fsp3) is 0.581. The SMILES string of the molecule is COC1COCCC1C[C@@H]1C[C@H]2CN(C(=O)Oc3ccccc3)C[C@@]2(C(=O)N2CCc3ncc(C(F)(F)F)cc3C2)C1. The molecule has 4 heterocycles. The molecule has 2 aromatic rings. The van der Waals surface area contributed by atoms with E-state index in [0.717, 1.165) is 31.5 Å². The lowest BCUT2D eigenvalue weighted by Crippen LogP contribution is -2.49. The first-order valence-electron chi connectivity index (χ1n) is 14.6. The normalized spacial score (nSPS) is 29.2. The van der Waals surface area contributed by atoms with Crippen LogP contribution in [0.2, 0.25) is 0 Å². The number of amides is 2. The van der Waals surface area contributed by atoms with Crippen molar-refractivity contribution >= 4 is 12.0 Å². The third-order valence-corrected chi connectivity index (χ3v) is 9.63. The zero-order valence-corrected chi connectivity index (χ0v) is 23.6. The average molecular weight is 588 g/mol. The van der Waals surface area contributed by atoms with Crippen LogP contribution in [0.3, 0.4) is 0 Å². The Labute approximate surface area is 243 Å². The number of fused-ring (bicyclic) bond motifs is 2. The van der Waals surface area contributed by atoms with Crippen molar-refractivity contribution in [1.82, 2.24) is 14.8 Å². The monoisotopic (exact) mass is 587 g/mol. The van der Waals surface area contributed by atoms with Crippen LogP contribution in [-0.4, -0.2) is 72.8 Å². The van der Waals surface area contributed by atoms with Gasteiger partial charge in [0, 0.05) is 58.2 Å². The van der Waals surface area contributed by atoms with E-state index in [4.69, 9.17) is 14.2 Å². The van der Waals surface area contributed by atoms with Crippen molar-refractivity contribution in [2.45, 2.75) is 50.9 Å². The summed E-state index contributed by atoms with van der Waals surface area (Å²) >= 11 is 0. The molecule has 0 spiro atoms. The number of ether oxygens (including phenoxy) is 3. The van der Waals surface area contributed by atoms with Gasteiger partial charge in [0.15, 0.2) is 0 Å². The van der Waals surface area contributed by atoms with Gasteiger partial charge in [0.1, 0.15) is 5.75 Å². The summed E-state index contributed by atoms with van der Waals surface area (Å²) in [6.07, 6.45) is -0.529. The molecule has 4 aliphatic rings. The number of hydrogen-bond acceptors (Lipinski definition) is 6. The van der Waals surface area contributed by atoms with Gasteiger partial charge in [-0.3, -0.25) is 9.78 Å². The Hall–Kier alpha value is -3.18. The number of aromatic nitrogens is 1. The molecule has 2 saturated heterocycles. The summed E-state index contributed by atoms with van der Waals surface area (Å²) in [6.45, 7) is 2.32. The Morgan fingerprint density at radius 2 is 2.00 bits per heavy atom. The minimum atomic E-state index is -4.51. The number of alkyl halides is 3. The first kappa shape index (κ1) is 28.9. The molecule has 42 heavy (non-hydrogen) atoms. The van der Waals surface area contributed by atoms with Gasteiger partial charge in [-0.05, 0) is 67.2 Å². The molecule has 3 fully saturated rings. The highest BCUT2D eigenvalue weighted by Crippen LogP contribution is 2.54. The summed E-state index contributed by atoms with van der Waals surface area (Å²) in [6, 6.07) is 9.94. The standard InChI is InChI=1S/C31H36F3N3O5/c1-40-27-18-41-10-8-21(27)11-20-12-24-17-37(29(39)42-25-5-3-2-4-6-25)19-30(24,14-20)28(38)36-9-7-26-22(16-36)13-23(15-35-26)31(32,33)34/h2-6,13,15,20-21,24,27H,7-12,14,16-19H2,1H3/t20-,21?,24+,27?,30+/m1/s1. The second kappa shape index (κ2) is 11.5. The maximum absolute atomic E-state index is 14.4. The van der Waals surface area contributed by atoms with Crippen LogP contribution in [0.4, 0.5) is 18.0 Å². The number of methoxy groups -OCH3 is 1. The van der Waals surface area contributed by atoms with Crippen molar-refractivity contribution in [3.63, 3.8) is 0 Å². The Kier molecular flexibility index (Phi) is 7.91. The smallest absolute Gasteiger partial charge is 0.410 e. The summed E-state index contributed by atoms with van der Waals surface area (Å²) in [7, 11) is 1.70. The highest BCUT2D eigenvalue weighted by atomic mass is 19.4. The van der Waals surface area contributed by atoms with Crippen LogP contribution in [0.5, 0.6) is 5.75 Å². The van der Waals surface area contributed by atoms with Gasteiger partial charge in [0.05, 0.1) is 23.7 Å². The third kappa shape index (κ3) is 5.60. The number of nitrogens with zero attached hydrogens (tertiary/aromatic N) is 3. The minimum Gasteiger partial charge on any atom is -0.410 e. The van der Waals surface area contributed by atoms with E-state index < -0.39 is 23.2 Å². The Balaban J connectivity index is 1.23. The maximum atomic E-state index is 14.4. The molecule has 0 N–H and O–H groups in total. The molecule has 1 aliphatic carbocycles. The predicted molar refractivity (Wildman–Crippen MR) is 145 cm³/mol. The van der Waals surface area contributed by atoms with Gasteiger partial charge in [-0.1, -0.05) is 18.2 Å². The van der Waals surface area contributed by atoms with Crippen LogP contribution < -0.4 is 4.74 Å². The van der Waals surface area contributed by atoms with Gasteiger partial charge < -0.3 is 24.0 Å². The van der Waals surface area contributed by atoms with Crippen LogP contribution in [0.15, 0.2) is 42.6 Å². The minimum absolute atomic E-state index is 0.0112. The molecule has 11 heteroatoms. The van der Waals surface area contributed by atoms with E-state index in [9.17, 15) is 22.8 Å². The van der Waals surface area contributed by atoms with E-state index in [1.54, 1.807) is 41.2 Å². The molecule has 3 aliphatic heterocycles. The maximum Gasteiger partial charge on any atom is 0.417 e. The van der Waals surface area contributed by atoms with Crippen LogP contribution in [0, 0.1) is 23.2 Å². The van der Waals surface area contributed by atoms with Crippen molar-refractivity contribution in [3.05, 3.63) is 59.4 Å². The molecule has 5 atom stereocenters. The average Bonchev–Trinajstić information content (AvgIpc) is 3.51. The quantitative estimate of drug-likeness (QED) is 0.493. The topological polar surface area (TPSA) is 81.2 Å². The Bertz CT molecular complexity index is 1310. The molecule has 0 bridgehead atoms. The van der Waals surface area contributed by atoms with Gasteiger partial charge in [-0.15, -0.1) is 0 Å². The molecular formula is C31H36F3N3O5. The largest absolute Gasteiger partial charge is 0.417 e. The molecule has 1 saturated carbocycles. The zero-order chi connectivity index (χ0) is 29.5. The molecule has 1 aromatic carbocycles. The van der Waals surface area contributed by atoms with Gasteiger partial charge >= 0.3 is 12.3 Å². The van der Waals surface area contributed by atoms with Crippen LogP contribution in [0.25, 0.3) is 0 Å². The molecule has 1 aromatic heterocycles. The third-order valence-electron chi connectivity index (χ3n) is 9.63. The summed E-state index contributed by atoms with van der Waals surface area (Å²) < 4.78 is 57.2. The Morgan fingerprint density at radius 1 is 1.19 bits per heavy atom. The van der Waals surface area contributed by atoms with Crippen LogP contribution >= 0.6 is 0 Å². The van der Waals surface area contributed by atoms with E-state index in [0.29, 0.717) is 62.1 Å². The number of pyridine rings is 1. The predicted octanol–water partition coefficient (Wildman–Crippen LogP) is 4.95.